The number of anilines is 2. The number of esters is 1. The van der Waals surface area contributed by atoms with E-state index < -0.39 is 12.0 Å². The number of nitrogens with one attached hydrogen (secondary N) is 2. The van der Waals surface area contributed by atoms with Crippen molar-refractivity contribution in [3.63, 3.8) is 0 Å². The molecule has 0 spiro atoms. The van der Waals surface area contributed by atoms with Crippen LogP contribution in [0.2, 0.25) is 0 Å². The van der Waals surface area contributed by atoms with Crippen molar-refractivity contribution in [1.82, 2.24) is 15.3 Å². The normalized spacial score (nSPS) is 11.8. The second kappa shape index (κ2) is 9.12. The summed E-state index contributed by atoms with van der Waals surface area (Å²) < 4.78 is 4.79. The zero-order chi connectivity index (χ0) is 20.0. The zero-order valence-corrected chi connectivity index (χ0v) is 16.4. The number of amides is 1. The highest BCUT2D eigenvalue weighted by atomic mass is 16.5. The standard InChI is InChI=1S/C20H26N4O3/c1-12(2)9-17(19(26)27-5)24-18(25)15-7-6-8-16(11-15)23-20-21-13(3)10-14(4)22-20/h6-8,10-12,17H,9H2,1-5H3,(H,24,25)(H,21,22,23). The fourth-order valence-electron chi connectivity index (χ4n) is 2.72. The molecule has 0 radical (unpaired) electrons. The molecule has 0 bridgehead atoms. The lowest BCUT2D eigenvalue weighted by Gasteiger charge is -2.18. The Balaban J connectivity index is 2.15. The van der Waals surface area contributed by atoms with Crippen LogP contribution in [0, 0.1) is 19.8 Å². The monoisotopic (exact) mass is 370 g/mol. The van der Waals surface area contributed by atoms with E-state index in [1.807, 2.05) is 39.8 Å². The lowest BCUT2D eigenvalue weighted by Crippen LogP contribution is -2.42. The van der Waals surface area contributed by atoms with Gasteiger partial charge in [0.15, 0.2) is 0 Å². The van der Waals surface area contributed by atoms with E-state index in [9.17, 15) is 9.59 Å². The third kappa shape index (κ3) is 6.06. The SMILES string of the molecule is COC(=O)C(CC(C)C)NC(=O)c1cccc(Nc2nc(C)cc(C)n2)c1. The first-order chi connectivity index (χ1) is 12.8. The topological polar surface area (TPSA) is 93.2 Å². The number of carbonyl (C=O) groups excluding carboxylic acids is 2. The molecule has 0 saturated carbocycles. The third-order valence-electron chi connectivity index (χ3n) is 3.86. The number of hydrogen-bond acceptors (Lipinski definition) is 6. The van der Waals surface area contributed by atoms with Crippen molar-refractivity contribution in [2.24, 2.45) is 5.92 Å². The van der Waals surface area contributed by atoms with Gasteiger partial charge in [-0.15, -0.1) is 0 Å². The Bertz CT molecular complexity index is 800. The Morgan fingerprint density at radius 1 is 1.11 bits per heavy atom. The smallest absolute Gasteiger partial charge is 0.328 e. The molecular formula is C20H26N4O3. The summed E-state index contributed by atoms with van der Waals surface area (Å²) in [5.74, 6) is -0.0765. The second-order valence-electron chi connectivity index (χ2n) is 6.86. The first kappa shape index (κ1) is 20.4. The van der Waals surface area contributed by atoms with Crippen molar-refractivity contribution in [1.29, 1.82) is 0 Å². The van der Waals surface area contributed by atoms with Crippen molar-refractivity contribution in [2.45, 2.75) is 40.2 Å². The highest BCUT2D eigenvalue weighted by molar-refractivity contribution is 5.97. The predicted octanol–water partition coefficient (Wildman–Crippen LogP) is 3.15. The molecule has 0 aliphatic heterocycles. The Morgan fingerprint density at radius 3 is 2.37 bits per heavy atom. The summed E-state index contributed by atoms with van der Waals surface area (Å²) in [5, 5.41) is 5.86. The number of ether oxygens (including phenoxy) is 1. The minimum atomic E-state index is -0.679. The molecule has 2 aromatic rings. The molecule has 144 valence electrons. The van der Waals surface area contributed by atoms with Crippen molar-refractivity contribution >= 4 is 23.5 Å². The summed E-state index contributed by atoms with van der Waals surface area (Å²) in [4.78, 5) is 33.2. The molecule has 1 aromatic carbocycles. The van der Waals surface area contributed by atoms with Crippen LogP contribution in [-0.2, 0) is 9.53 Å². The van der Waals surface area contributed by atoms with Crippen LogP contribution < -0.4 is 10.6 Å². The van der Waals surface area contributed by atoms with Crippen molar-refractivity contribution < 1.29 is 14.3 Å². The molecule has 2 N–H and O–H groups in total. The lowest BCUT2D eigenvalue weighted by atomic mass is 10.0. The number of aromatic nitrogens is 2. The number of aryl methyl sites for hydroxylation is 2. The van der Waals surface area contributed by atoms with Gasteiger partial charge in [-0.3, -0.25) is 4.79 Å². The van der Waals surface area contributed by atoms with Crippen molar-refractivity contribution in [3.05, 3.63) is 47.3 Å². The van der Waals surface area contributed by atoms with Gasteiger partial charge in [0.2, 0.25) is 5.95 Å². The number of carbonyl (C=O) groups is 2. The first-order valence-electron chi connectivity index (χ1n) is 8.86. The van der Waals surface area contributed by atoms with Crippen LogP contribution in [0.5, 0.6) is 0 Å². The Labute approximate surface area is 159 Å². The van der Waals surface area contributed by atoms with Gasteiger partial charge in [0, 0.05) is 22.6 Å². The minimum Gasteiger partial charge on any atom is -0.467 e. The molecule has 7 nitrogen and oxygen atoms in total. The molecule has 1 unspecified atom stereocenters. The summed E-state index contributed by atoms with van der Waals surface area (Å²) in [6.45, 7) is 7.75. The average Bonchev–Trinajstić information content (AvgIpc) is 2.59. The summed E-state index contributed by atoms with van der Waals surface area (Å²) in [7, 11) is 1.32. The van der Waals surface area contributed by atoms with E-state index in [1.165, 1.54) is 7.11 Å². The molecule has 7 heteroatoms. The van der Waals surface area contributed by atoms with E-state index in [1.54, 1.807) is 18.2 Å². The van der Waals surface area contributed by atoms with Crippen molar-refractivity contribution in [3.8, 4) is 0 Å². The molecule has 0 saturated heterocycles. The molecule has 0 fully saturated rings. The van der Waals surface area contributed by atoms with Gasteiger partial charge in [0.25, 0.3) is 5.91 Å². The fourth-order valence-corrected chi connectivity index (χ4v) is 2.72. The molecule has 2 rings (SSSR count). The molecule has 0 aliphatic carbocycles. The summed E-state index contributed by atoms with van der Waals surface area (Å²) in [6, 6.07) is 8.17. The number of nitrogens with zero attached hydrogens (tertiary/aromatic N) is 2. The maximum atomic E-state index is 12.6. The van der Waals surface area contributed by atoms with Crippen LogP contribution in [0.4, 0.5) is 11.6 Å². The van der Waals surface area contributed by atoms with E-state index in [-0.39, 0.29) is 11.8 Å². The highest BCUT2D eigenvalue weighted by Crippen LogP contribution is 2.16. The summed E-state index contributed by atoms with van der Waals surface area (Å²) in [5.41, 5.74) is 2.83. The van der Waals surface area contributed by atoms with Crippen LogP contribution in [0.25, 0.3) is 0 Å². The van der Waals surface area contributed by atoms with Crippen LogP contribution in [-0.4, -0.2) is 35.0 Å². The number of rotatable bonds is 7. The van der Waals surface area contributed by atoms with E-state index in [2.05, 4.69) is 20.6 Å². The maximum Gasteiger partial charge on any atom is 0.328 e. The minimum absolute atomic E-state index is 0.240. The molecule has 1 heterocycles. The van der Waals surface area contributed by atoms with E-state index in [0.29, 0.717) is 23.6 Å². The second-order valence-corrected chi connectivity index (χ2v) is 6.86. The summed E-state index contributed by atoms with van der Waals surface area (Å²) >= 11 is 0. The Morgan fingerprint density at radius 2 is 1.78 bits per heavy atom. The quantitative estimate of drug-likeness (QED) is 0.727. The van der Waals surface area contributed by atoms with Gasteiger partial charge in [0.05, 0.1) is 7.11 Å². The Hall–Kier alpha value is -2.96. The lowest BCUT2D eigenvalue weighted by molar-refractivity contribution is -0.143. The van der Waals surface area contributed by atoms with Gasteiger partial charge >= 0.3 is 5.97 Å². The number of methoxy groups -OCH3 is 1. The zero-order valence-electron chi connectivity index (χ0n) is 16.4. The van der Waals surface area contributed by atoms with E-state index in [4.69, 9.17) is 4.74 Å². The van der Waals surface area contributed by atoms with E-state index >= 15 is 0 Å². The maximum absolute atomic E-state index is 12.6. The van der Waals surface area contributed by atoms with E-state index in [0.717, 1.165) is 11.4 Å². The van der Waals surface area contributed by atoms with Gasteiger partial charge in [-0.1, -0.05) is 19.9 Å². The van der Waals surface area contributed by atoms with Gasteiger partial charge < -0.3 is 15.4 Å². The van der Waals surface area contributed by atoms with Gasteiger partial charge in [-0.25, -0.2) is 14.8 Å². The fraction of sp³-hybridized carbons (Fsp3) is 0.400. The van der Waals surface area contributed by atoms with Crippen LogP contribution in [0.15, 0.2) is 30.3 Å². The van der Waals surface area contributed by atoms with Crippen LogP contribution in [0.3, 0.4) is 0 Å². The Kier molecular flexibility index (Phi) is 6.87. The number of hydrogen-bond donors (Lipinski definition) is 2. The molecule has 27 heavy (non-hydrogen) atoms. The molecule has 1 atom stereocenters. The number of benzene rings is 1. The van der Waals surface area contributed by atoms with Gasteiger partial charge in [0.1, 0.15) is 6.04 Å². The van der Waals surface area contributed by atoms with Crippen molar-refractivity contribution in [2.75, 3.05) is 12.4 Å². The van der Waals surface area contributed by atoms with Gasteiger partial charge in [-0.05, 0) is 50.5 Å². The van der Waals surface area contributed by atoms with Crippen LogP contribution in [0.1, 0.15) is 42.0 Å². The molecule has 1 aromatic heterocycles. The first-order valence-corrected chi connectivity index (χ1v) is 8.86. The highest BCUT2D eigenvalue weighted by Gasteiger charge is 2.23. The molecule has 0 aliphatic rings. The molecule has 1 amide bonds. The van der Waals surface area contributed by atoms with Crippen LogP contribution >= 0.6 is 0 Å². The largest absolute Gasteiger partial charge is 0.467 e. The predicted molar refractivity (Wildman–Crippen MR) is 104 cm³/mol. The molecular weight excluding hydrogens is 344 g/mol. The summed E-state index contributed by atoms with van der Waals surface area (Å²) in [6.07, 6.45) is 0.507. The van der Waals surface area contributed by atoms with Gasteiger partial charge in [-0.2, -0.15) is 0 Å². The average molecular weight is 370 g/mol. The third-order valence-corrected chi connectivity index (χ3v) is 3.86.